The summed E-state index contributed by atoms with van der Waals surface area (Å²) in [6, 6.07) is 16.9. The van der Waals surface area contributed by atoms with Crippen LogP contribution in [0.5, 0.6) is 0 Å². The Morgan fingerprint density at radius 2 is 1.29 bits per heavy atom. The minimum absolute atomic E-state index is 0.175. The van der Waals surface area contributed by atoms with E-state index >= 15 is 0 Å². The van der Waals surface area contributed by atoms with Crippen LogP contribution in [0.15, 0.2) is 54.6 Å². The molecule has 126 valence electrons. The number of rotatable bonds is 3. The summed E-state index contributed by atoms with van der Waals surface area (Å²) in [6.07, 6.45) is 0. The fourth-order valence-corrected chi connectivity index (χ4v) is 2.88. The maximum Gasteiger partial charge on any atom is 0.262 e. The molecule has 1 heterocycles. The van der Waals surface area contributed by atoms with Crippen molar-refractivity contribution in [3.8, 4) is 0 Å². The first kappa shape index (κ1) is 16.9. The number of hydrogen-bond donors (Lipinski definition) is 0. The van der Waals surface area contributed by atoms with Crippen molar-refractivity contribution < 1.29 is 14.3 Å². The number of carbonyl (C=O) groups excluding carboxylic acids is 1. The Hall–Kier alpha value is -1.97. The first-order valence-corrected chi connectivity index (χ1v) is 8.25. The van der Waals surface area contributed by atoms with Crippen molar-refractivity contribution in [2.24, 2.45) is 0 Å². The van der Waals surface area contributed by atoms with Crippen molar-refractivity contribution in [3.63, 3.8) is 0 Å². The van der Waals surface area contributed by atoms with E-state index in [4.69, 9.17) is 9.47 Å². The molecule has 0 amide bonds. The monoisotopic (exact) mass is 324 g/mol. The van der Waals surface area contributed by atoms with Crippen LogP contribution >= 0.6 is 0 Å². The van der Waals surface area contributed by atoms with Gasteiger partial charge in [0.2, 0.25) is 5.78 Å². The lowest BCUT2D eigenvalue weighted by atomic mass is 9.90. The summed E-state index contributed by atoms with van der Waals surface area (Å²) < 4.78 is 12.6. The Kier molecular flexibility index (Phi) is 3.89. The molecule has 3 nitrogen and oxygen atoms in total. The highest BCUT2D eigenvalue weighted by molar-refractivity contribution is 6.02. The van der Waals surface area contributed by atoms with Gasteiger partial charge in [-0.25, -0.2) is 0 Å². The van der Waals surface area contributed by atoms with E-state index in [1.54, 1.807) is 12.1 Å². The Bertz CT molecular complexity index is 726. The van der Waals surface area contributed by atoms with Gasteiger partial charge in [0.25, 0.3) is 5.79 Å². The molecular formula is C21H24O3. The predicted molar refractivity (Wildman–Crippen MR) is 94.0 cm³/mol. The van der Waals surface area contributed by atoms with Gasteiger partial charge in [-0.15, -0.1) is 0 Å². The summed E-state index contributed by atoms with van der Waals surface area (Å²) in [4.78, 5) is 13.4. The highest BCUT2D eigenvalue weighted by Crippen LogP contribution is 2.50. The Morgan fingerprint density at radius 3 is 1.79 bits per heavy atom. The zero-order valence-electron chi connectivity index (χ0n) is 14.9. The fourth-order valence-electron chi connectivity index (χ4n) is 2.88. The van der Waals surface area contributed by atoms with Gasteiger partial charge in [-0.3, -0.25) is 4.79 Å². The minimum atomic E-state index is -1.43. The molecule has 1 fully saturated rings. The van der Waals surface area contributed by atoms with E-state index in [0.29, 0.717) is 5.56 Å². The summed E-state index contributed by atoms with van der Waals surface area (Å²) >= 11 is 0. The second-order valence-electron chi connectivity index (χ2n) is 7.40. The van der Waals surface area contributed by atoms with Crippen molar-refractivity contribution in [1.82, 2.24) is 0 Å². The molecule has 0 unspecified atom stereocenters. The lowest BCUT2D eigenvalue weighted by Gasteiger charge is -2.30. The molecule has 2 aromatic carbocycles. The Balaban J connectivity index is 2.16. The van der Waals surface area contributed by atoms with Gasteiger partial charge in [-0.05, 0) is 34.6 Å². The maximum atomic E-state index is 13.4. The number of benzene rings is 2. The normalized spacial score (nSPS) is 20.7. The quantitative estimate of drug-likeness (QED) is 0.772. The van der Waals surface area contributed by atoms with E-state index in [-0.39, 0.29) is 5.78 Å². The zero-order valence-corrected chi connectivity index (χ0v) is 14.9. The molecule has 0 bridgehead atoms. The van der Waals surface area contributed by atoms with Gasteiger partial charge >= 0.3 is 0 Å². The van der Waals surface area contributed by atoms with Gasteiger partial charge in [0.05, 0.1) is 11.2 Å². The first-order chi connectivity index (χ1) is 11.2. The van der Waals surface area contributed by atoms with Crippen LogP contribution in [0.4, 0.5) is 0 Å². The van der Waals surface area contributed by atoms with Gasteiger partial charge in [0, 0.05) is 11.1 Å². The van der Waals surface area contributed by atoms with E-state index in [1.807, 2.05) is 77.1 Å². The summed E-state index contributed by atoms with van der Waals surface area (Å²) in [6.45, 7) is 9.85. The lowest BCUT2D eigenvalue weighted by molar-refractivity contribution is -0.162. The van der Waals surface area contributed by atoms with Crippen molar-refractivity contribution in [2.75, 3.05) is 0 Å². The van der Waals surface area contributed by atoms with Crippen LogP contribution in [0.25, 0.3) is 0 Å². The van der Waals surface area contributed by atoms with Gasteiger partial charge in [-0.2, -0.15) is 0 Å². The average Bonchev–Trinajstić information content (AvgIpc) is 2.74. The number of hydrogen-bond acceptors (Lipinski definition) is 3. The standard InChI is InChI=1S/C21H24O3/c1-15-11-13-17(14-12-15)21(18(22)16-9-7-6-8-10-16)23-19(2,3)20(4,5)24-21/h6-14H,1-5H3. The molecule has 1 aliphatic heterocycles. The molecule has 0 atom stereocenters. The van der Waals surface area contributed by atoms with Gasteiger partial charge in [-0.1, -0.05) is 60.2 Å². The maximum absolute atomic E-state index is 13.4. The van der Waals surface area contributed by atoms with Crippen LogP contribution in [-0.2, 0) is 15.3 Å². The smallest absolute Gasteiger partial charge is 0.262 e. The molecule has 1 saturated heterocycles. The molecule has 3 rings (SSSR count). The molecule has 0 saturated carbocycles. The molecule has 0 aliphatic carbocycles. The number of aryl methyl sites for hydroxylation is 1. The molecule has 2 aromatic rings. The number of carbonyl (C=O) groups is 1. The predicted octanol–water partition coefficient (Wildman–Crippen LogP) is 4.63. The molecule has 0 aromatic heterocycles. The van der Waals surface area contributed by atoms with Crippen LogP contribution < -0.4 is 0 Å². The van der Waals surface area contributed by atoms with E-state index in [2.05, 4.69) is 0 Å². The van der Waals surface area contributed by atoms with Gasteiger partial charge in [0.1, 0.15) is 0 Å². The summed E-state index contributed by atoms with van der Waals surface area (Å²) in [5, 5.41) is 0. The van der Waals surface area contributed by atoms with Crippen LogP contribution in [0, 0.1) is 6.92 Å². The third-order valence-corrected chi connectivity index (χ3v) is 5.01. The van der Waals surface area contributed by atoms with E-state index in [9.17, 15) is 4.79 Å². The van der Waals surface area contributed by atoms with Crippen LogP contribution in [-0.4, -0.2) is 17.0 Å². The van der Waals surface area contributed by atoms with Gasteiger partial charge < -0.3 is 9.47 Å². The minimum Gasteiger partial charge on any atom is -0.331 e. The van der Waals surface area contributed by atoms with Crippen LogP contribution in [0.3, 0.4) is 0 Å². The molecule has 1 aliphatic rings. The van der Waals surface area contributed by atoms with Crippen LogP contribution in [0.1, 0.15) is 49.2 Å². The second kappa shape index (κ2) is 5.54. The summed E-state index contributed by atoms with van der Waals surface area (Å²) in [5.41, 5.74) is 1.20. The zero-order chi connectivity index (χ0) is 17.6. The van der Waals surface area contributed by atoms with Crippen molar-refractivity contribution in [3.05, 3.63) is 71.3 Å². The molecule has 0 radical (unpaired) electrons. The van der Waals surface area contributed by atoms with E-state index in [1.165, 1.54) is 0 Å². The third-order valence-electron chi connectivity index (χ3n) is 5.01. The molecule has 0 N–H and O–H groups in total. The number of ketones is 1. The second-order valence-corrected chi connectivity index (χ2v) is 7.40. The average molecular weight is 324 g/mol. The topological polar surface area (TPSA) is 35.5 Å². The highest BCUT2D eigenvalue weighted by atomic mass is 16.8. The molecule has 0 spiro atoms. The Labute approximate surface area is 143 Å². The van der Waals surface area contributed by atoms with E-state index < -0.39 is 17.0 Å². The SMILES string of the molecule is Cc1ccc(C2(C(=O)c3ccccc3)OC(C)(C)C(C)(C)O2)cc1. The first-order valence-electron chi connectivity index (χ1n) is 8.25. The van der Waals surface area contributed by atoms with E-state index in [0.717, 1.165) is 11.1 Å². The summed E-state index contributed by atoms with van der Waals surface area (Å²) in [7, 11) is 0. The summed E-state index contributed by atoms with van der Waals surface area (Å²) in [5.74, 6) is -1.60. The largest absolute Gasteiger partial charge is 0.331 e. The highest BCUT2D eigenvalue weighted by Gasteiger charge is 2.61. The van der Waals surface area contributed by atoms with Crippen molar-refractivity contribution >= 4 is 5.78 Å². The third kappa shape index (κ3) is 2.58. The molecule has 24 heavy (non-hydrogen) atoms. The fraction of sp³-hybridized carbons (Fsp3) is 0.381. The number of Topliss-reactive ketones (excluding diaryl/α,β-unsaturated/α-hetero) is 1. The molecule has 3 heteroatoms. The number of ether oxygens (including phenoxy) is 2. The van der Waals surface area contributed by atoms with Crippen molar-refractivity contribution in [1.29, 1.82) is 0 Å². The Morgan fingerprint density at radius 1 is 0.792 bits per heavy atom. The van der Waals surface area contributed by atoms with Crippen molar-refractivity contribution in [2.45, 2.75) is 51.6 Å². The van der Waals surface area contributed by atoms with Gasteiger partial charge in [0.15, 0.2) is 0 Å². The lowest BCUT2D eigenvalue weighted by Crippen LogP contribution is -2.41. The molecular weight excluding hydrogens is 300 g/mol. The van der Waals surface area contributed by atoms with Crippen LogP contribution in [0.2, 0.25) is 0 Å².